The summed E-state index contributed by atoms with van der Waals surface area (Å²) < 4.78 is 5.57. The van der Waals surface area contributed by atoms with Crippen molar-refractivity contribution >= 4 is 5.91 Å². The second-order valence-corrected chi connectivity index (χ2v) is 5.60. The molecule has 1 fully saturated rings. The molecule has 110 valence electrons. The summed E-state index contributed by atoms with van der Waals surface area (Å²) in [7, 11) is 0. The van der Waals surface area contributed by atoms with Gasteiger partial charge in [-0.25, -0.2) is 0 Å². The number of nitrogens with one attached hydrogen (secondary N) is 1. The summed E-state index contributed by atoms with van der Waals surface area (Å²) >= 11 is 0. The summed E-state index contributed by atoms with van der Waals surface area (Å²) in [6.07, 6.45) is 4.77. The van der Waals surface area contributed by atoms with Gasteiger partial charge in [0.05, 0.1) is 6.61 Å². The third kappa shape index (κ3) is 4.23. The van der Waals surface area contributed by atoms with E-state index in [4.69, 9.17) is 10.5 Å². The predicted molar refractivity (Wildman–Crippen MR) is 79.5 cm³/mol. The standard InChI is InChI=1S/C16H24N2O2/c17-13-16(8-4-9-16)12-15(19)18-10-5-11-20-14-6-2-1-3-7-14/h1-3,6-7H,4-5,8-13,17H2,(H,18,19). The molecule has 0 unspecified atom stereocenters. The number of hydrogen-bond acceptors (Lipinski definition) is 3. The highest BCUT2D eigenvalue weighted by atomic mass is 16.5. The Morgan fingerprint density at radius 2 is 2.05 bits per heavy atom. The second-order valence-electron chi connectivity index (χ2n) is 5.60. The number of carbonyl (C=O) groups excluding carboxylic acids is 1. The number of benzene rings is 1. The molecule has 0 aromatic heterocycles. The van der Waals surface area contributed by atoms with E-state index in [1.807, 2.05) is 30.3 Å². The van der Waals surface area contributed by atoms with Crippen molar-refractivity contribution in [1.82, 2.24) is 5.32 Å². The van der Waals surface area contributed by atoms with Gasteiger partial charge in [0.25, 0.3) is 0 Å². The van der Waals surface area contributed by atoms with E-state index in [0.717, 1.165) is 25.0 Å². The van der Waals surface area contributed by atoms with Crippen LogP contribution in [-0.4, -0.2) is 25.6 Å². The van der Waals surface area contributed by atoms with Gasteiger partial charge in [-0.2, -0.15) is 0 Å². The van der Waals surface area contributed by atoms with Gasteiger partial charge >= 0.3 is 0 Å². The Kier molecular flexibility index (Phi) is 5.41. The molecule has 1 saturated carbocycles. The lowest BCUT2D eigenvalue weighted by Crippen LogP contribution is -2.42. The van der Waals surface area contributed by atoms with Gasteiger partial charge < -0.3 is 15.8 Å². The average Bonchev–Trinajstić information content (AvgIpc) is 2.44. The topological polar surface area (TPSA) is 64.4 Å². The number of nitrogens with two attached hydrogens (primary N) is 1. The zero-order valence-electron chi connectivity index (χ0n) is 11.9. The normalized spacial score (nSPS) is 16.2. The van der Waals surface area contributed by atoms with E-state index in [-0.39, 0.29) is 11.3 Å². The smallest absolute Gasteiger partial charge is 0.220 e. The van der Waals surface area contributed by atoms with Crippen LogP contribution in [0, 0.1) is 5.41 Å². The van der Waals surface area contributed by atoms with Crippen molar-refractivity contribution in [1.29, 1.82) is 0 Å². The minimum Gasteiger partial charge on any atom is -0.494 e. The number of rotatable bonds is 8. The first-order valence-electron chi connectivity index (χ1n) is 7.39. The maximum atomic E-state index is 11.8. The van der Waals surface area contributed by atoms with Gasteiger partial charge in [-0.15, -0.1) is 0 Å². The van der Waals surface area contributed by atoms with Crippen LogP contribution in [0.25, 0.3) is 0 Å². The third-order valence-electron chi connectivity index (χ3n) is 4.04. The molecule has 2 rings (SSSR count). The van der Waals surface area contributed by atoms with Gasteiger partial charge in [-0.05, 0) is 43.4 Å². The van der Waals surface area contributed by atoms with E-state index in [2.05, 4.69) is 5.32 Å². The summed E-state index contributed by atoms with van der Waals surface area (Å²) in [6, 6.07) is 9.71. The van der Waals surface area contributed by atoms with Crippen LogP contribution in [0.4, 0.5) is 0 Å². The van der Waals surface area contributed by atoms with Gasteiger partial charge in [0, 0.05) is 13.0 Å². The highest BCUT2D eigenvalue weighted by Gasteiger charge is 2.37. The van der Waals surface area contributed by atoms with E-state index in [1.165, 1.54) is 6.42 Å². The quantitative estimate of drug-likeness (QED) is 0.715. The van der Waals surface area contributed by atoms with Crippen molar-refractivity contribution in [3.05, 3.63) is 30.3 Å². The molecule has 1 aliphatic rings. The molecule has 0 bridgehead atoms. The first-order valence-corrected chi connectivity index (χ1v) is 7.39. The van der Waals surface area contributed by atoms with Crippen LogP contribution >= 0.6 is 0 Å². The molecule has 0 spiro atoms. The molecule has 1 aromatic carbocycles. The Morgan fingerprint density at radius 1 is 1.30 bits per heavy atom. The maximum Gasteiger partial charge on any atom is 0.220 e. The van der Waals surface area contributed by atoms with Crippen molar-refractivity contribution in [2.75, 3.05) is 19.7 Å². The van der Waals surface area contributed by atoms with Crippen molar-refractivity contribution in [3.8, 4) is 5.75 Å². The molecular weight excluding hydrogens is 252 g/mol. The Labute approximate surface area is 120 Å². The molecule has 4 nitrogen and oxygen atoms in total. The van der Waals surface area contributed by atoms with Gasteiger partial charge in [0.1, 0.15) is 5.75 Å². The fourth-order valence-corrected chi connectivity index (χ4v) is 2.54. The van der Waals surface area contributed by atoms with Crippen LogP contribution in [-0.2, 0) is 4.79 Å². The molecule has 3 N–H and O–H groups in total. The van der Waals surface area contributed by atoms with Crippen molar-refractivity contribution in [2.24, 2.45) is 11.1 Å². The lowest BCUT2D eigenvalue weighted by Gasteiger charge is -2.40. The molecule has 0 aliphatic heterocycles. The molecule has 0 radical (unpaired) electrons. The third-order valence-corrected chi connectivity index (χ3v) is 4.04. The lowest BCUT2D eigenvalue weighted by atomic mass is 9.66. The Morgan fingerprint density at radius 3 is 2.65 bits per heavy atom. The van der Waals surface area contributed by atoms with E-state index >= 15 is 0 Å². The Balaban J connectivity index is 1.56. The fraction of sp³-hybridized carbons (Fsp3) is 0.562. The number of hydrogen-bond donors (Lipinski definition) is 2. The van der Waals surface area contributed by atoms with Crippen molar-refractivity contribution < 1.29 is 9.53 Å². The number of amides is 1. The molecule has 0 saturated heterocycles. The largest absolute Gasteiger partial charge is 0.494 e. The average molecular weight is 276 g/mol. The van der Waals surface area contributed by atoms with Crippen LogP contribution in [0.1, 0.15) is 32.1 Å². The SMILES string of the molecule is NCC1(CC(=O)NCCCOc2ccccc2)CCC1. The highest BCUT2D eigenvalue weighted by Crippen LogP contribution is 2.42. The van der Waals surface area contributed by atoms with Crippen LogP contribution in [0.3, 0.4) is 0 Å². The molecule has 0 atom stereocenters. The summed E-state index contributed by atoms with van der Waals surface area (Å²) in [4.78, 5) is 11.8. The minimum atomic E-state index is 0.0879. The molecule has 1 amide bonds. The highest BCUT2D eigenvalue weighted by molar-refractivity contribution is 5.76. The van der Waals surface area contributed by atoms with E-state index in [1.54, 1.807) is 0 Å². The fourth-order valence-electron chi connectivity index (χ4n) is 2.54. The molecule has 4 heteroatoms. The summed E-state index contributed by atoms with van der Waals surface area (Å²) in [6.45, 7) is 1.90. The first-order chi connectivity index (χ1) is 9.74. The number of para-hydroxylation sites is 1. The van der Waals surface area contributed by atoms with Crippen LogP contribution in [0.15, 0.2) is 30.3 Å². The van der Waals surface area contributed by atoms with Crippen molar-refractivity contribution in [3.63, 3.8) is 0 Å². The zero-order chi connectivity index (χ0) is 14.3. The van der Waals surface area contributed by atoms with Crippen LogP contribution < -0.4 is 15.8 Å². The maximum absolute atomic E-state index is 11.8. The molecular formula is C16H24N2O2. The van der Waals surface area contributed by atoms with Crippen LogP contribution in [0.5, 0.6) is 5.75 Å². The monoisotopic (exact) mass is 276 g/mol. The summed E-state index contributed by atoms with van der Waals surface area (Å²) in [5.74, 6) is 0.991. The molecule has 0 heterocycles. The summed E-state index contributed by atoms with van der Waals surface area (Å²) in [5.41, 5.74) is 5.85. The number of carbonyl (C=O) groups is 1. The predicted octanol–water partition coefficient (Wildman–Crippen LogP) is 2.09. The minimum absolute atomic E-state index is 0.0879. The zero-order valence-corrected chi connectivity index (χ0v) is 11.9. The molecule has 1 aromatic rings. The Hall–Kier alpha value is -1.55. The van der Waals surface area contributed by atoms with Gasteiger partial charge in [0.2, 0.25) is 5.91 Å². The van der Waals surface area contributed by atoms with E-state index < -0.39 is 0 Å². The van der Waals surface area contributed by atoms with Crippen LogP contribution in [0.2, 0.25) is 0 Å². The van der Waals surface area contributed by atoms with Gasteiger partial charge in [0.15, 0.2) is 0 Å². The van der Waals surface area contributed by atoms with Gasteiger partial charge in [-0.1, -0.05) is 24.6 Å². The second kappa shape index (κ2) is 7.29. The summed E-state index contributed by atoms with van der Waals surface area (Å²) in [5, 5.41) is 2.95. The first kappa shape index (κ1) is 14.9. The van der Waals surface area contributed by atoms with E-state index in [9.17, 15) is 4.79 Å². The van der Waals surface area contributed by atoms with Gasteiger partial charge in [-0.3, -0.25) is 4.79 Å². The number of ether oxygens (including phenoxy) is 1. The lowest BCUT2D eigenvalue weighted by molar-refractivity contribution is -0.124. The van der Waals surface area contributed by atoms with E-state index in [0.29, 0.717) is 26.1 Å². The molecule has 1 aliphatic carbocycles. The van der Waals surface area contributed by atoms with Crippen molar-refractivity contribution in [2.45, 2.75) is 32.1 Å². The Bertz CT molecular complexity index is 410. The molecule has 20 heavy (non-hydrogen) atoms.